The Kier molecular flexibility index (Phi) is 12.3. The Morgan fingerprint density at radius 2 is 1.68 bits per heavy atom. The largest absolute Gasteiger partial charge is 0.493 e. The molecule has 31 heavy (non-hydrogen) atoms. The molecule has 7 nitrogen and oxygen atoms in total. The number of guanidine groups is 1. The smallest absolute Gasteiger partial charge is 0.191 e. The minimum Gasteiger partial charge on any atom is -0.493 e. The van der Waals surface area contributed by atoms with Gasteiger partial charge >= 0.3 is 0 Å². The van der Waals surface area contributed by atoms with Crippen molar-refractivity contribution in [2.75, 3.05) is 33.1 Å². The van der Waals surface area contributed by atoms with E-state index in [1.54, 1.807) is 14.2 Å². The first kappa shape index (κ1) is 27.0. The fourth-order valence-corrected chi connectivity index (χ4v) is 4.32. The molecule has 0 aliphatic heterocycles. The van der Waals surface area contributed by atoms with Crippen LogP contribution >= 0.6 is 24.0 Å². The molecule has 0 heterocycles. The van der Waals surface area contributed by atoms with Gasteiger partial charge in [0.2, 0.25) is 0 Å². The minimum atomic E-state index is -3.14. The van der Waals surface area contributed by atoms with E-state index in [2.05, 4.69) is 15.6 Å². The summed E-state index contributed by atoms with van der Waals surface area (Å²) in [6.45, 7) is 3.68. The highest BCUT2D eigenvalue weighted by molar-refractivity contribution is 14.0. The van der Waals surface area contributed by atoms with Crippen molar-refractivity contribution in [3.8, 4) is 11.5 Å². The molecule has 0 aliphatic rings. The van der Waals surface area contributed by atoms with Crippen LogP contribution in [0.3, 0.4) is 0 Å². The van der Waals surface area contributed by atoms with Gasteiger partial charge in [-0.25, -0.2) is 13.4 Å². The normalized spacial score (nSPS) is 11.4. The Balaban J connectivity index is 0.00000480. The first-order chi connectivity index (χ1) is 14.5. The second kappa shape index (κ2) is 14.1. The third-order valence-electron chi connectivity index (χ3n) is 4.37. The molecular weight excluding hydrogens is 529 g/mol. The highest BCUT2D eigenvalue weighted by Crippen LogP contribution is 2.27. The summed E-state index contributed by atoms with van der Waals surface area (Å²) in [7, 11) is 0.0592. The van der Waals surface area contributed by atoms with Crippen molar-refractivity contribution in [2.45, 2.75) is 25.6 Å². The van der Waals surface area contributed by atoms with Crippen molar-refractivity contribution in [1.29, 1.82) is 0 Å². The number of nitrogens with one attached hydrogen (secondary N) is 2. The molecule has 0 atom stereocenters. The Bertz CT molecular complexity index is 922. The maximum absolute atomic E-state index is 12.3. The number of aliphatic imine (C=N–C) groups is 1. The highest BCUT2D eigenvalue weighted by Gasteiger charge is 2.11. The predicted octanol–water partition coefficient (Wildman–Crippen LogP) is 3.38. The van der Waals surface area contributed by atoms with E-state index in [1.807, 2.05) is 55.5 Å². The number of methoxy groups -OCH3 is 2. The summed E-state index contributed by atoms with van der Waals surface area (Å²) >= 11 is 0. The SMILES string of the molecule is CCNC(=NCc1ccc(OC)c(OC)c1)NCCCS(=O)(=O)Cc1ccccc1.I. The lowest BCUT2D eigenvalue weighted by atomic mass is 10.2. The molecular formula is C22H32IN3O4S. The van der Waals surface area contributed by atoms with Gasteiger partial charge < -0.3 is 20.1 Å². The van der Waals surface area contributed by atoms with Crippen LogP contribution in [-0.2, 0) is 22.1 Å². The van der Waals surface area contributed by atoms with Crippen LogP contribution < -0.4 is 20.1 Å². The zero-order valence-corrected chi connectivity index (χ0v) is 21.4. The van der Waals surface area contributed by atoms with Gasteiger partial charge in [0.05, 0.1) is 32.3 Å². The molecule has 2 N–H and O–H groups in total. The van der Waals surface area contributed by atoms with E-state index in [-0.39, 0.29) is 35.5 Å². The number of sulfone groups is 1. The van der Waals surface area contributed by atoms with Crippen LogP contribution in [0.1, 0.15) is 24.5 Å². The summed E-state index contributed by atoms with van der Waals surface area (Å²) in [4.78, 5) is 4.56. The molecule has 0 radical (unpaired) electrons. The van der Waals surface area contributed by atoms with E-state index in [4.69, 9.17) is 9.47 Å². The third-order valence-corrected chi connectivity index (χ3v) is 6.05. The zero-order valence-electron chi connectivity index (χ0n) is 18.3. The van der Waals surface area contributed by atoms with E-state index in [0.29, 0.717) is 43.5 Å². The summed E-state index contributed by atoms with van der Waals surface area (Å²) in [5.74, 6) is 2.18. The molecule has 0 fully saturated rings. The molecule has 0 saturated heterocycles. The second-order valence-electron chi connectivity index (χ2n) is 6.74. The van der Waals surface area contributed by atoms with Gasteiger partial charge in [0, 0.05) is 13.1 Å². The van der Waals surface area contributed by atoms with E-state index in [1.165, 1.54) is 0 Å². The maximum atomic E-state index is 12.3. The molecule has 2 rings (SSSR count). The number of rotatable bonds is 11. The highest BCUT2D eigenvalue weighted by atomic mass is 127. The number of benzene rings is 2. The number of nitrogens with zero attached hydrogens (tertiary/aromatic N) is 1. The summed E-state index contributed by atoms with van der Waals surface area (Å²) in [6, 6.07) is 14.9. The van der Waals surface area contributed by atoms with Gasteiger partial charge in [-0.2, -0.15) is 0 Å². The van der Waals surface area contributed by atoms with Gasteiger partial charge in [0.25, 0.3) is 0 Å². The van der Waals surface area contributed by atoms with Crippen molar-refractivity contribution in [2.24, 2.45) is 4.99 Å². The van der Waals surface area contributed by atoms with Crippen LogP contribution in [0.15, 0.2) is 53.5 Å². The second-order valence-corrected chi connectivity index (χ2v) is 8.93. The lowest BCUT2D eigenvalue weighted by molar-refractivity contribution is 0.354. The van der Waals surface area contributed by atoms with Crippen LogP contribution in [0.2, 0.25) is 0 Å². The summed E-state index contributed by atoms with van der Waals surface area (Å²) in [5, 5.41) is 6.37. The predicted molar refractivity (Wildman–Crippen MR) is 136 cm³/mol. The molecule has 0 aromatic heterocycles. The van der Waals surface area contributed by atoms with Gasteiger partial charge in [-0.05, 0) is 36.6 Å². The first-order valence-electron chi connectivity index (χ1n) is 9.95. The van der Waals surface area contributed by atoms with Gasteiger partial charge in [0.1, 0.15) is 0 Å². The fraction of sp³-hybridized carbons (Fsp3) is 0.409. The molecule has 0 saturated carbocycles. The van der Waals surface area contributed by atoms with Crippen molar-refractivity contribution in [1.82, 2.24) is 10.6 Å². The zero-order chi connectivity index (χ0) is 21.8. The summed E-state index contributed by atoms with van der Waals surface area (Å²) < 4.78 is 35.2. The monoisotopic (exact) mass is 561 g/mol. The molecule has 2 aromatic carbocycles. The topological polar surface area (TPSA) is 89.0 Å². The number of hydrogen-bond donors (Lipinski definition) is 2. The fourth-order valence-electron chi connectivity index (χ4n) is 2.89. The molecule has 0 unspecified atom stereocenters. The van der Waals surface area contributed by atoms with E-state index in [9.17, 15) is 8.42 Å². The summed E-state index contributed by atoms with van der Waals surface area (Å²) in [5.41, 5.74) is 1.80. The van der Waals surface area contributed by atoms with Crippen molar-refractivity contribution < 1.29 is 17.9 Å². The molecule has 2 aromatic rings. The first-order valence-corrected chi connectivity index (χ1v) is 11.8. The maximum Gasteiger partial charge on any atom is 0.191 e. The number of halogens is 1. The van der Waals surface area contributed by atoms with Gasteiger partial charge in [-0.15, -0.1) is 24.0 Å². The Labute approximate surface area is 202 Å². The lowest BCUT2D eigenvalue weighted by Crippen LogP contribution is -2.38. The van der Waals surface area contributed by atoms with Crippen LogP contribution in [-0.4, -0.2) is 47.4 Å². The number of ether oxygens (including phenoxy) is 2. The van der Waals surface area contributed by atoms with Crippen LogP contribution in [0.5, 0.6) is 11.5 Å². The molecule has 9 heteroatoms. The van der Waals surface area contributed by atoms with Crippen molar-refractivity contribution in [3.63, 3.8) is 0 Å². The Morgan fingerprint density at radius 3 is 2.32 bits per heavy atom. The average Bonchev–Trinajstić information content (AvgIpc) is 2.75. The van der Waals surface area contributed by atoms with Crippen molar-refractivity contribution in [3.05, 3.63) is 59.7 Å². The molecule has 0 bridgehead atoms. The summed E-state index contributed by atoms with van der Waals surface area (Å²) in [6.07, 6.45) is 0.510. The molecule has 0 spiro atoms. The van der Waals surface area contributed by atoms with Crippen LogP contribution in [0.4, 0.5) is 0 Å². The van der Waals surface area contributed by atoms with E-state index in [0.717, 1.165) is 11.1 Å². The van der Waals surface area contributed by atoms with Gasteiger partial charge in [-0.1, -0.05) is 36.4 Å². The van der Waals surface area contributed by atoms with Gasteiger partial charge in [0.15, 0.2) is 27.3 Å². The third kappa shape index (κ3) is 9.77. The van der Waals surface area contributed by atoms with Gasteiger partial charge in [-0.3, -0.25) is 0 Å². The van der Waals surface area contributed by atoms with Crippen molar-refractivity contribution >= 4 is 39.8 Å². The number of hydrogen-bond acceptors (Lipinski definition) is 5. The molecule has 0 aliphatic carbocycles. The molecule has 172 valence electrons. The van der Waals surface area contributed by atoms with Crippen LogP contribution in [0, 0.1) is 0 Å². The standard InChI is InChI=1S/C22H31N3O4S.HI/c1-4-23-22(25-16-19-11-12-20(28-2)21(15-19)29-3)24-13-8-14-30(26,27)17-18-9-6-5-7-10-18;/h5-7,9-12,15H,4,8,13-14,16-17H2,1-3H3,(H2,23,24,25);1H. The Morgan fingerprint density at radius 1 is 0.968 bits per heavy atom. The van der Waals surface area contributed by atoms with E-state index < -0.39 is 9.84 Å². The van der Waals surface area contributed by atoms with E-state index >= 15 is 0 Å². The lowest BCUT2D eigenvalue weighted by Gasteiger charge is -2.12. The quantitative estimate of drug-likeness (QED) is 0.189. The minimum absolute atomic E-state index is 0. The Hall–Kier alpha value is -2.01. The molecule has 0 amide bonds. The van der Waals surface area contributed by atoms with Crippen LogP contribution in [0.25, 0.3) is 0 Å². The average molecular weight is 561 g/mol.